The van der Waals surface area contributed by atoms with Gasteiger partial charge in [0, 0.05) is 13.1 Å². The van der Waals surface area contributed by atoms with E-state index in [1.165, 1.54) is 4.31 Å². The fraction of sp³-hybridized carbons (Fsp3) is 1.00. The van der Waals surface area contributed by atoms with Gasteiger partial charge in [-0.3, -0.25) is 4.55 Å². The Balaban J connectivity index is 2.39. The minimum absolute atomic E-state index is 0.0739. The molecule has 1 fully saturated rings. The van der Waals surface area contributed by atoms with Gasteiger partial charge in [-0.15, -0.1) is 0 Å². The Kier molecular flexibility index (Phi) is 2.79. The van der Waals surface area contributed by atoms with Crippen molar-refractivity contribution >= 4 is 11.3 Å². The molecule has 1 N–H and O–H groups in total. The Morgan fingerprint density at radius 2 is 2.50 bits per heavy atom. The molecular formula is C5H11NO3S. The fourth-order valence-electron chi connectivity index (χ4n) is 0.928. The first-order valence-corrected chi connectivity index (χ1v) is 4.24. The quantitative estimate of drug-likeness (QED) is 0.549. The molecule has 2 atom stereocenters. The van der Waals surface area contributed by atoms with Crippen LogP contribution in [0.3, 0.4) is 0 Å². The summed E-state index contributed by atoms with van der Waals surface area (Å²) in [7, 11) is 0. The van der Waals surface area contributed by atoms with Crippen LogP contribution in [0.15, 0.2) is 0 Å². The molecule has 0 saturated carbocycles. The standard InChI is InChI=1S/C5H11NO3S/c1-5-4-6(10(7)8)2-3-9-5/h5H,2-4H2,1H3,(H,7,8). The van der Waals surface area contributed by atoms with E-state index < -0.39 is 11.3 Å². The minimum Gasteiger partial charge on any atom is -0.376 e. The number of hydrogen-bond donors (Lipinski definition) is 1. The van der Waals surface area contributed by atoms with Crippen molar-refractivity contribution in [1.29, 1.82) is 0 Å². The third-order valence-corrected chi connectivity index (χ3v) is 2.20. The van der Waals surface area contributed by atoms with Crippen LogP contribution in [-0.2, 0) is 16.0 Å². The van der Waals surface area contributed by atoms with E-state index in [9.17, 15) is 4.21 Å². The number of rotatable bonds is 1. The highest BCUT2D eigenvalue weighted by molar-refractivity contribution is 7.76. The Morgan fingerprint density at radius 1 is 1.80 bits per heavy atom. The van der Waals surface area contributed by atoms with Crippen molar-refractivity contribution in [2.24, 2.45) is 0 Å². The molecule has 0 aromatic carbocycles. The third-order valence-electron chi connectivity index (χ3n) is 1.42. The van der Waals surface area contributed by atoms with Gasteiger partial charge in [-0.25, -0.2) is 4.21 Å². The molecule has 0 aliphatic carbocycles. The first-order chi connectivity index (χ1) is 4.70. The van der Waals surface area contributed by atoms with Crippen LogP contribution in [0.1, 0.15) is 6.92 Å². The van der Waals surface area contributed by atoms with E-state index in [0.717, 1.165) is 0 Å². The molecule has 0 radical (unpaired) electrons. The van der Waals surface area contributed by atoms with E-state index in [1.54, 1.807) is 0 Å². The highest BCUT2D eigenvalue weighted by atomic mass is 32.2. The molecule has 0 spiro atoms. The summed E-state index contributed by atoms with van der Waals surface area (Å²) in [6.45, 7) is 3.53. The van der Waals surface area contributed by atoms with Gasteiger partial charge < -0.3 is 4.74 Å². The van der Waals surface area contributed by atoms with Crippen molar-refractivity contribution in [3.05, 3.63) is 0 Å². The molecule has 10 heavy (non-hydrogen) atoms. The number of ether oxygens (including phenoxy) is 1. The lowest BCUT2D eigenvalue weighted by molar-refractivity contribution is 0.00979. The summed E-state index contributed by atoms with van der Waals surface area (Å²) in [5, 5.41) is 0. The van der Waals surface area contributed by atoms with Crippen LogP contribution in [0.5, 0.6) is 0 Å². The molecule has 4 nitrogen and oxygen atoms in total. The second kappa shape index (κ2) is 3.43. The largest absolute Gasteiger partial charge is 0.376 e. The lowest BCUT2D eigenvalue weighted by Crippen LogP contribution is -2.41. The third kappa shape index (κ3) is 2.02. The van der Waals surface area contributed by atoms with Gasteiger partial charge in [0.05, 0.1) is 12.7 Å². The second-order valence-electron chi connectivity index (χ2n) is 2.30. The first kappa shape index (κ1) is 8.13. The van der Waals surface area contributed by atoms with E-state index >= 15 is 0 Å². The Labute approximate surface area is 62.6 Å². The van der Waals surface area contributed by atoms with Crippen molar-refractivity contribution in [3.8, 4) is 0 Å². The summed E-state index contributed by atoms with van der Waals surface area (Å²) in [5.41, 5.74) is 0. The van der Waals surface area contributed by atoms with E-state index in [-0.39, 0.29) is 6.10 Å². The topological polar surface area (TPSA) is 49.8 Å². The van der Waals surface area contributed by atoms with Crippen LogP contribution >= 0.6 is 0 Å². The fourth-order valence-corrected chi connectivity index (χ4v) is 1.50. The average molecular weight is 165 g/mol. The molecule has 0 aromatic rings. The highest BCUT2D eigenvalue weighted by Gasteiger charge is 2.19. The molecule has 1 aliphatic rings. The van der Waals surface area contributed by atoms with Crippen LogP contribution in [0.4, 0.5) is 0 Å². The number of nitrogens with zero attached hydrogens (tertiary/aromatic N) is 1. The molecule has 0 aromatic heterocycles. The smallest absolute Gasteiger partial charge is 0.234 e. The summed E-state index contributed by atoms with van der Waals surface area (Å²) < 4.78 is 25.8. The summed E-state index contributed by atoms with van der Waals surface area (Å²) in [6, 6.07) is 0. The highest BCUT2D eigenvalue weighted by Crippen LogP contribution is 2.04. The first-order valence-electron chi connectivity index (χ1n) is 3.17. The van der Waals surface area contributed by atoms with Gasteiger partial charge >= 0.3 is 0 Å². The summed E-state index contributed by atoms with van der Waals surface area (Å²) in [4.78, 5) is 0. The Bertz CT molecular complexity index is 141. The van der Waals surface area contributed by atoms with Gasteiger partial charge in [0.1, 0.15) is 0 Å². The molecule has 1 saturated heterocycles. The Morgan fingerprint density at radius 3 is 2.90 bits per heavy atom. The molecule has 0 bridgehead atoms. The van der Waals surface area contributed by atoms with Gasteiger partial charge in [0.25, 0.3) is 0 Å². The summed E-state index contributed by atoms with van der Waals surface area (Å²) >= 11 is -1.82. The van der Waals surface area contributed by atoms with E-state index in [0.29, 0.717) is 19.7 Å². The summed E-state index contributed by atoms with van der Waals surface area (Å²) in [6.07, 6.45) is 0.0739. The van der Waals surface area contributed by atoms with Crippen LogP contribution in [0.25, 0.3) is 0 Å². The van der Waals surface area contributed by atoms with Crippen molar-refractivity contribution in [2.45, 2.75) is 13.0 Å². The Hall–Kier alpha value is 0.0300. The monoisotopic (exact) mass is 165 g/mol. The predicted octanol–water partition coefficient (Wildman–Crippen LogP) is -0.156. The molecule has 1 rings (SSSR count). The van der Waals surface area contributed by atoms with E-state index in [1.807, 2.05) is 6.92 Å². The summed E-state index contributed by atoms with van der Waals surface area (Å²) in [5.74, 6) is 0. The SMILES string of the molecule is CC1CN(S(=O)O)CCO1. The van der Waals surface area contributed by atoms with Gasteiger partial charge in [-0.2, -0.15) is 4.31 Å². The van der Waals surface area contributed by atoms with Gasteiger partial charge in [-0.1, -0.05) is 0 Å². The van der Waals surface area contributed by atoms with Crippen LogP contribution < -0.4 is 0 Å². The molecule has 1 heterocycles. The second-order valence-corrected chi connectivity index (χ2v) is 3.28. The molecule has 2 unspecified atom stereocenters. The predicted molar refractivity (Wildman–Crippen MR) is 37.8 cm³/mol. The zero-order valence-electron chi connectivity index (χ0n) is 5.82. The number of hydrogen-bond acceptors (Lipinski definition) is 2. The molecule has 0 amide bonds. The van der Waals surface area contributed by atoms with Gasteiger partial charge in [-0.05, 0) is 6.92 Å². The van der Waals surface area contributed by atoms with Crippen LogP contribution in [-0.4, -0.2) is 38.9 Å². The normalized spacial score (nSPS) is 32.0. The molecule has 5 heteroatoms. The maximum atomic E-state index is 10.5. The lowest BCUT2D eigenvalue weighted by Gasteiger charge is -2.27. The zero-order valence-corrected chi connectivity index (χ0v) is 6.63. The van der Waals surface area contributed by atoms with Crippen molar-refractivity contribution in [3.63, 3.8) is 0 Å². The zero-order chi connectivity index (χ0) is 7.56. The van der Waals surface area contributed by atoms with E-state index in [2.05, 4.69) is 0 Å². The number of morpholine rings is 1. The minimum atomic E-state index is -1.82. The van der Waals surface area contributed by atoms with Gasteiger partial charge in [0.15, 0.2) is 0 Å². The molecule has 60 valence electrons. The average Bonchev–Trinajstić information content (AvgIpc) is 1.88. The maximum absolute atomic E-state index is 10.5. The molecular weight excluding hydrogens is 154 g/mol. The van der Waals surface area contributed by atoms with Crippen molar-refractivity contribution in [1.82, 2.24) is 4.31 Å². The van der Waals surface area contributed by atoms with Crippen molar-refractivity contribution in [2.75, 3.05) is 19.7 Å². The van der Waals surface area contributed by atoms with Crippen LogP contribution in [0, 0.1) is 0 Å². The van der Waals surface area contributed by atoms with Crippen molar-refractivity contribution < 1.29 is 13.5 Å². The van der Waals surface area contributed by atoms with E-state index in [4.69, 9.17) is 9.29 Å². The maximum Gasteiger partial charge on any atom is 0.234 e. The van der Waals surface area contributed by atoms with Crippen LogP contribution in [0.2, 0.25) is 0 Å². The molecule has 1 aliphatic heterocycles. The lowest BCUT2D eigenvalue weighted by atomic mass is 10.3. The van der Waals surface area contributed by atoms with Gasteiger partial charge in [0.2, 0.25) is 11.3 Å².